The van der Waals surface area contributed by atoms with Crippen LogP contribution in [-0.4, -0.2) is 159 Å². The molecule has 2 N–H and O–H groups in total. The van der Waals surface area contributed by atoms with Crippen molar-refractivity contribution < 1.29 is 109 Å². The van der Waals surface area contributed by atoms with Crippen LogP contribution in [-0.2, 0) is 67.2 Å². The van der Waals surface area contributed by atoms with Gasteiger partial charge in [-0.15, -0.1) is 0 Å². The first-order valence-electron chi connectivity index (χ1n) is 28.0. The Balaban J connectivity index is 0.0000562. The van der Waals surface area contributed by atoms with Crippen molar-refractivity contribution in [1.82, 2.24) is 0 Å². The smallest absolute Gasteiger partial charge is 0.744 e. The molecule has 5 atom stereocenters. The molecular weight excluding hydrogens is 1010 g/mol. The number of aliphatic carboxylic acids is 1. The predicted octanol–water partition coefficient (Wildman–Crippen LogP) is 4.13. The number of carbonyl (C=O) groups is 4. The largest absolute Gasteiger partial charge is 1.00 e. The molecule has 0 heterocycles. The molecule has 1 amide bonds. The predicted molar refractivity (Wildman–Crippen MR) is 284 cm³/mol. The van der Waals surface area contributed by atoms with Gasteiger partial charge in [0.15, 0.2) is 0 Å². The molecule has 436 valence electrons. The Kier molecular flexibility index (Phi) is 42.2. The van der Waals surface area contributed by atoms with Crippen LogP contribution in [0.2, 0.25) is 0 Å². The SMILES string of the molecule is CCCCCCCC[N+](C)(C)CCCCCCCOC(=O)C(C)CC(CC(CC(CC(CC)C(N)=O)C(=O)[O-])C(=O)OC(COC(COCC)COCC)COC(COCC)COCC)c1ccc(S(=O)(=O)[O-])cc1.[Na+]. The van der Waals surface area contributed by atoms with E-state index in [2.05, 4.69) is 21.0 Å². The van der Waals surface area contributed by atoms with E-state index in [4.69, 9.17) is 43.6 Å². The van der Waals surface area contributed by atoms with Crippen molar-refractivity contribution in [1.29, 1.82) is 0 Å². The maximum Gasteiger partial charge on any atom is 1.00 e. The van der Waals surface area contributed by atoms with Gasteiger partial charge in [0.05, 0.1) is 90.2 Å². The third-order valence-corrected chi connectivity index (χ3v) is 14.4. The van der Waals surface area contributed by atoms with E-state index in [0.29, 0.717) is 38.4 Å². The number of rotatable bonds is 49. The number of primary amides is 1. The number of ether oxygens (including phenoxy) is 8. The molecule has 0 aliphatic heterocycles. The van der Waals surface area contributed by atoms with E-state index >= 15 is 0 Å². The number of nitrogens with zero attached hydrogens (tertiary/aromatic N) is 1. The number of esters is 2. The monoisotopic (exact) mass is 1110 g/mol. The van der Waals surface area contributed by atoms with E-state index in [-0.39, 0.29) is 108 Å². The quantitative estimate of drug-likeness (QED) is 0.0317. The fraction of sp³-hybridized carbons (Fsp3) is 0.821. The van der Waals surface area contributed by atoms with Gasteiger partial charge in [-0.25, -0.2) is 8.42 Å². The summed E-state index contributed by atoms with van der Waals surface area (Å²) in [6.07, 6.45) is 10.1. The van der Waals surface area contributed by atoms with Crippen molar-refractivity contribution in [3.05, 3.63) is 29.8 Å². The molecular formula is C56H99N2NaO16S. The van der Waals surface area contributed by atoms with Gasteiger partial charge < -0.3 is 62.6 Å². The minimum Gasteiger partial charge on any atom is -0.744 e. The molecule has 1 rings (SSSR count). The standard InChI is InChI=1S/C56H100N2O16S.Na/c1-10-16-17-18-20-23-30-58(8,9)31-24-21-19-22-25-32-71-55(62)43(7)33-46(45-26-28-52(29-27-45)75(64,65)66)35-48(36-47(54(60)61)34-44(11-2)53(57)59)56(63)74-51(41-72-49(37-67-12-3)38-68-13-4)42-73-50(39-69-14-5)40-70-15-6;/h26-29,43-44,46-51H,10-25,30-42H2,1-9H3,(H3-,57,59,60,61,64,65,66);/q;+1/p-1. The zero-order chi connectivity index (χ0) is 56.1. The van der Waals surface area contributed by atoms with Gasteiger partial charge in [0.1, 0.15) is 28.4 Å². The first-order chi connectivity index (χ1) is 35.7. The minimum absolute atomic E-state index is 0. The Labute approximate surface area is 479 Å². The Hall–Kier alpha value is -2.27. The topological polar surface area (TPSA) is 248 Å². The second-order valence-corrected chi connectivity index (χ2v) is 21.9. The van der Waals surface area contributed by atoms with Gasteiger partial charge in [-0.3, -0.25) is 14.4 Å². The molecule has 0 saturated heterocycles. The fourth-order valence-corrected chi connectivity index (χ4v) is 9.43. The number of unbranched alkanes of at least 4 members (excludes halogenated alkanes) is 9. The Morgan fingerprint density at radius 2 is 1.05 bits per heavy atom. The Morgan fingerprint density at radius 1 is 0.592 bits per heavy atom. The van der Waals surface area contributed by atoms with Gasteiger partial charge in [0.25, 0.3) is 0 Å². The molecule has 0 radical (unpaired) electrons. The number of hydrogen-bond donors (Lipinski definition) is 1. The number of carbonyl (C=O) groups excluding carboxylic acids is 4. The zero-order valence-corrected chi connectivity index (χ0v) is 51.2. The third kappa shape index (κ3) is 34.0. The van der Waals surface area contributed by atoms with Crippen molar-refractivity contribution in [2.24, 2.45) is 29.4 Å². The van der Waals surface area contributed by atoms with Crippen LogP contribution in [0, 0.1) is 23.7 Å². The number of carboxylic acids is 1. The molecule has 0 aromatic heterocycles. The van der Waals surface area contributed by atoms with Crippen LogP contribution < -0.4 is 40.4 Å². The summed E-state index contributed by atoms with van der Waals surface area (Å²) in [6.45, 7) is 17.6. The average Bonchev–Trinajstić information content (AvgIpc) is 3.37. The van der Waals surface area contributed by atoms with E-state index in [9.17, 15) is 37.3 Å². The summed E-state index contributed by atoms with van der Waals surface area (Å²) < 4.78 is 83.9. The summed E-state index contributed by atoms with van der Waals surface area (Å²) in [5, 5.41) is 12.9. The average molecular weight is 1110 g/mol. The number of amides is 1. The molecule has 0 fully saturated rings. The van der Waals surface area contributed by atoms with E-state index in [1.807, 2.05) is 27.7 Å². The molecule has 0 aliphatic rings. The minimum atomic E-state index is -4.82. The van der Waals surface area contributed by atoms with Gasteiger partial charge in [-0.1, -0.05) is 71.4 Å². The molecule has 1 aromatic carbocycles. The van der Waals surface area contributed by atoms with Crippen LogP contribution in [0.4, 0.5) is 0 Å². The van der Waals surface area contributed by atoms with Crippen LogP contribution in [0.15, 0.2) is 29.2 Å². The number of hydrogen-bond acceptors (Lipinski definition) is 16. The summed E-state index contributed by atoms with van der Waals surface area (Å²) in [4.78, 5) is 53.2. The summed E-state index contributed by atoms with van der Waals surface area (Å²) >= 11 is 0. The van der Waals surface area contributed by atoms with Crippen LogP contribution in [0.1, 0.15) is 163 Å². The second-order valence-electron chi connectivity index (χ2n) is 20.5. The number of benzene rings is 1. The Bertz CT molecular complexity index is 1750. The molecule has 0 bridgehead atoms. The first-order valence-corrected chi connectivity index (χ1v) is 29.4. The van der Waals surface area contributed by atoms with Crippen molar-refractivity contribution in [2.75, 3.05) is 99.9 Å². The van der Waals surface area contributed by atoms with Gasteiger partial charge in [-0.2, -0.15) is 0 Å². The summed E-state index contributed by atoms with van der Waals surface area (Å²) in [5.74, 6) is -8.29. The summed E-state index contributed by atoms with van der Waals surface area (Å²) in [7, 11) is -0.222. The molecule has 20 heteroatoms. The van der Waals surface area contributed by atoms with Crippen molar-refractivity contribution in [3.63, 3.8) is 0 Å². The van der Waals surface area contributed by atoms with Crippen LogP contribution in [0.25, 0.3) is 0 Å². The van der Waals surface area contributed by atoms with Crippen molar-refractivity contribution in [2.45, 2.75) is 180 Å². The van der Waals surface area contributed by atoms with Gasteiger partial charge >= 0.3 is 41.5 Å². The van der Waals surface area contributed by atoms with Crippen LogP contribution in [0.5, 0.6) is 0 Å². The van der Waals surface area contributed by atoms with Crippen molar-refractivity contribution >= 4 is 33.9 Å². The van der Waals surface area contributed by atoms with E-state index in [1.54, 1.807) is 13.8 Å². The van der Waals surface area contributed by atoms with Crippen LogP contribution in [0.3, 0.4) is 0 Å². The second kappa shape index (κ2) is 43.5. The number of nitrogens with two attached hydrogens (primary N) is 1. The fourth-order valence-electron chi connectivity index (χ4n) is 8.96. The van der Waals surface area contributed by atoms with Crippen molar-refractivity contribution in [3.8, 4) is 0 Å². The van der Waals surface area contributed by atoms with Gasteiger partial charge in [0.2, 0.25) is 5.91 Å². The summed E-state index contributed by atoms with van der Waals surface area (Å²) in [6, 6.07) is 5.20. The normalized spacial score (nSPS) is 14.1. The first kappa shape index (κ1) is 73.7. The molecule has 0 spiro atoms. The Morgan fingerprint density at radius 3 is 1.49 bits per heavy atom. The number of carboxylic acid groups (broad SMARTS) is 1. The molecule has 76 heavy (non-hydrogen) atoms. The van der Waals surface area contributed by atoms with E-state index in [0.717, 1.165) is 48.8 Å². The number of quaternary nitrogens is 1. The summed E-state index contributed by atoms with van der Waals surface area (Å²) in [5.41, 5.74) is 6.15. The van der Waals surface area contributed by atoms with Gasteiger partial charge in [-0.05, 0) is 116 Å². The third-order valence-electron chi connectivity index (χ3n) is 13.6. The van der Waals surface area contributed by atoms with Crippen LogP contribution >= 0.6 is 0 Å². The van der Waals surface area contributed by atoms with Gasteiger partial charge in [0, 0.05) is 44.2 Å². The maximum absolute atomic E-state index is 14.8. The molecule has 0 saturated carbocycles. The molecule has 1 aromatic rings. The van der Waals surface area contributed by atoms with E-state index < -0.39 is 86.7 Å². The molecule has 5 unspecified atom stereocenters. The van der Waals surface area contributed by atoms with E-state index in [1.165, 1.54) is 57.2 Å². The molecule has 18 nitrogen and oxygen atoms in total. The molecule has 0 aliphatic carbocycles. The zero-order valence-electron chi connectivity index (χ0n) is 48.4. The maximum atomic E-state index is 14.8.